The molecule has 0 unspecified atom stereocenters. The number of nitrogens with zero attached hydrogens (tertiary/aromatic N) is 2. The molecular formula is C40H30N4. The van der Waals surface area contributed by atoms with Gasteiger partial charge in [0.25, 0.3) is 0 Å². The Kier molecular flexibility index (Phi) is 5.13. The van der Waals surface area contributed by atoms with Crippen molar-refractivity contribution in [3.8, 4) is 45.0 Å². The van der Waals surface area contributed by atoms with Crippen LogP contribution in [0.15, 0.2) is 115 Å². The molecule has 7 aromatic rings. The van der Waals surface area contributed by atoms with Crippen LogP contribution in [0.5, 0.6) is 0 Å². The van der Waals surface area contributed by atoms with Crippen molar-refractivity contribution in [2.75, 3.05) is 0 Å². The molecule has 0 spiro atoms. The van der Waals surface area contributed by atoms with Crippen molar-refractivity contribution in [3.05, 3.63) is 121 Å². The molecule has 3 aromatic heterocycles. The van der Waals surface area contributed by atoms with E-state index in [0.29, 0.717) is 0 Å². The molecule has 0 saturated heterocycles. The third-order valence-electron chi connectivity index (χ3n) is 9.04. The molecule has 2 aliphatic rings. The van der Waals surface area contributed by atoms with Crippen molar-refractivity contribution in [1.82, 2.24) is 19.9 Å². The first-order valence-corrected chi connectivity index (χ1v) is 15.2. The average molecular weight is 567 g/mol. The van der Waals surface area contributed by atoms with Crippen LogP contribution in [0.25, 0.3) is 88.6 Å². The zero-order valence-electron chi connectivity index (χ0n) is 24.9. The summed E-state index contributed by atoms with van der Waals surface area (Å²) >= 11 is 0. The van der Waals surface area contributed by atoms with Gasteiger partial charge in [-0.3, -0.25) is 0 Å². The smallest absolute Gasteiger partial charge is 0.0740 e. The van der Waals surface area contributed by atoms with Crippen LogP contribution in [0.2, 0.25) is 0 Å². The summed E-state index contributed by atoms with van der Waals surface area (Å²) in [4.78, 5) is 18.1. The van der Waals surface area contributed by atoms with Crippen LogP contribution < -0.4 is 0 Å². The predicted octanol–water partition coefficient (Wildman–Crippen LogP) is 10.6. The summed E-state index contributed by atoms with van der Waals surface area (Å²) in [6.45, 7) is 6.83. The van der Waals surface area contributed by atoms with E-state index in [1.54, 1.807) is 0 Å². The van der Waals surface area contributed by atoms with E-state index in [1.807, 2.05) is 0 Å². The van der Waals surface area contributed by atoms with Crippen molar-refractivity contribution in [1.29, 1.82) is 0 Å². The molecule has 0 amide bonds. The predicted molar refractivity (Wildman–Crippen MR) is 184 cm³/mol. The number of rotatable bonds is 0. The Hall–Kier alpha value is -5.48. The van der Waals surface area contributed by atoms with E-state index in [2.05, 4.69) is 146 Å². The lowest BCUT2D eigenvalue weighted by Gasteiger charge is -2.22. The fourth-order valence-corrected chi connectivity index (χ4v) is 6.99. The first kappa shape index (κ1) is 25.1. The summed E-state index contributed by atoms with van der Waals surface area (Å²) in [5.41, 5.74) is 13.9. The van der Waals surface area contributed by atoms with Gasteiger partial charge in [-0.25, -0.2) is 9.97 Å². The summed E-state index contributed by atoms with van der Waals surface area (Å²) < 4.78 is 0. The van der Waals surface area contributed by atoms with Crippen LogP contribution in [0.1, 0.15) is 26.3 Å². The Morgan fingerprint density at radius 2 is 0.818 bits per heavy atom. The molecule has 0 aliphatic carbocycles. The minimum atomic E-state index is -0.0475. The Bertz CT molecular complexity index is 2480. The largest absolute Gasteiger partial charge is 0.354 e. The quantitative estimate of drug-likeness (QED) is 0.192. The number of H-pyrrole nitrogens is 2. The molecule has 0 atom stereocenters. The Morgan fingerprint density at radius 1 is 0.432 bits per heavy atom. The van der Waals surface area contributed by atoms with Crippen LogP contribution in [0.3, 0.4) is 0 Å². The molecule has 0 radical (unpaired) electrons. The van der Waals surface area contributed by atoms with Gasteiger partial charge in [0.15, 0.2) is 0 Å². The number of benzene rings is 4. The number of aromatic nitrogens is 4. The lowest BCUT2D eigenvalue weighted by Crippen LogP contribution is -2.12. The monoisotopic (exact) mass is 566 g/mol. The summed E-state index contributed by atoms with van der Waals surface area (Å²) in [6.07, 6.45) is 0. The second-order valence-corrected chi connectivity index (χ2v) is 12.9. The van der Waals surface area contributed by atoms with E-state index in [0.717, 1.165) is 61.5 Å². The second kappa shape index (κ2) is 9.01. The normalized spacial score (nSPS) is 12.4. The highest BCUT2D eigenvalue weighted by atomic mass is 14.8. The van der Waals surface area contributed by atoms with Gasteiger partial charge in [-0.15, -0.1) is 0 Å². The molecule has 0 saturated carbocycles. The third-order valence-corrected chi connectivity index (χ3v) is 9.04. The minimum Gasteiger partial charge on any atom is -0.354 e. The molecule has 210 valence electrons. The van der Waals surface area contributed by atoms with E-state index in [4.69, 9.17) is 9.97 Å². The fourth-order valence-electron chi connectivity index (χ4n) is 6.99. The van der Waals surface area contributed by atoms with E-state index >= 15 is 0 Å². The number of fused-ring (bicyclic) bond motifs is 20. The number of hydrogen-bond donors (Lipinski definition) is 2. The number of aromatic amines is 2. The van der Waals surface area contributed by atoms with Gasteiger partial charge in [0.05, 0.1) is 22.8 Å². The Balaban J connectivity index is 1.51. The molecule has 9 rings (SSSR count). The van der Waals surface area contributed by atoms with Crippen LogP contribution >= 0.6 is 0 Å². The Labute approximate surface area is 255 Å². The van der Waals surface area contributed by atoms with Gasteiger partial charge in [0, 0.05) is 65.9 Å². The van der Waals surface area contributed by atoms with Crippen molar-refractivity contribution in [2.24, 2.45) is 0 Å². The van der Waals surface area contributed by atoms with E-state index in [9.17, 15) is 0 Å². The standard InChI is InChI=1S/C40H30N4/c1-40(2,3)30-18-10-17-29-37-21-35-26-14-7-6-13-25(26)33(42-35)19-31-23-11-4-5-12-24(23)32(41-31)20-34-27-15-8-9-16-28(27)36(43-34)22-38(44-37)39(29)30/h4-22,42-43H,1-3H3. The second-order valence-electron chi connectivity index (χ2n) is 12.9. The van der Waals surface area contributed by atoms with Crippen LogP contribution in [0, 0.1) is 0 Å². The van der Waals surface area contributed by atoms with E-state index in [-0.39, 0.29) is 5.41 Å². The average Bonchev–Trinajstić information content (AvgIpc) is 3.76. The van der Waals surface area contributed by atoms with Crippen LogP contribution in [-0.2, 0) is 5.41 Å². The molecule has 0 fully saturated rings. The molecule has 8 bridgehead atoms. The SMILES string of the molecule is CC(C)(C)c1cccc2c1-c1cc3[nH]c(cc4nc(cc5[nH]c(cc-2n1)c1ccccc51)-c1ccccc1-4)c1ccccc31. The molecule has 4 aromatic carbocycles. The third kappa shape index (κ3) is 3.70. The highest BCUT2D eigenvalue weighted by Crippen LogP contribution is 2.44. The zero-order valence-corrected chi connectivity index (χ0v) is 24.9. The molecular weight excluding hydrogens is 536 g/mol. The molecule has 4 heteroatoms. The lowest BCUT2D eigenvalue weighted by molar-refractivity contribution is 0.592. The molecule has 44 heavy (non-hydrogen) atoms. The summed E-state index contributed by atoms with van der Waals surface area (Å²) in [5, 5.41) is 4.66. The maximum atomic E-state index is 5.35. The molecule has 4 nitrogen and oxygen atoms in total. The lowest BCUT2D eigenvalue weighted by atomic mass is 9.81. The van der Waals surface area contributed by atoms with Gasteiger partial charge in [0.2, 0.25) is 0 Å². The van der Waals surface area contributed by atoms with Crippen molar-refractivity contribution >= 4 is 43.6 Å². The van der Waals surface area contributed by atoms with Gasteiger partial charge < -0.3 is 9.97 Å². The highest BCUT2D eigenvalue weighted by Gasteiger charge is 2.26. The maximum absolute atomic E-state index is 5.35. The van der Waals surface area contributed by atoms with Crippen LogP contribution in [-0.4, -0.2) is 19.9 Å². The van der Waals surface area contributed by atoms with Gasteiger partial charge in [-0.1, -0.05) is 112 Å². The molecule has 5 heterocycles. The van der Waals surface area contributed by atoms with Crippen molar-refractivity contribution in [3.63, 3.8) is 0 Å². The number of nitrogens with one attached hydrogen (secondary N) is 2. The minimum absolute atomic E-state index is 0.0475. The first-order valence-electron chi connectivity index (χ1n) is 15.2. The maximum Gasteiger partial charge on any atom is 0.0740 e. The fraction of sp³-hybridized carbons (Fsp3) is 0.100. The van der Waals surface area contributed by atoms with Gasteiger partial charge in [-0.05, 0) is 35.2 Å². The van der Waals surface area contributed by atoms with Gasteiger partial charge >= 0.3 is 0 Å². The van der Waals surface area contributed by atoms with Crippen molar-refractivity contribution < 1.29 is 0 Å². The van der Waals surface area contributed by atoms with Gasteiger partial charge in [-0.2, -0.15) is 0 Å². The molecule has 2 N–H and O–H groups in total. The zero-order chi connectivity index (χ0) is 29.6. The van der Waals surface area contributed by atoms with E-state index in [1.165, 1.54) is 32.7 Å². The number of hydrogen-bond acceptors (Lipinski definition) is 2. The van der Waals surface area contributed by atoms with Crippen molar-refractivity contribution in [2.45, 2.75) is 26.2 Å². The summed E-state index contributed by atoms with van der Waals surface area (Å²) in [5.74, 6) is 0. The Morgan fingerprint density at radius 3 is 1.30 bits per heavy atom. The first-order chi connectivity index (χ1) is 21.4. The summed E-state index contributed by atoms with van der Waals surface area (Å²) in [7, 11) is 0. The highest BCUT2D eigenvalue weighted by molar-refractivity contribution is 6.10. The topological polar surface area (TPSA) is 57.4 Å². The van der Waals surface area contributed by atoms with Crippen LogP contribution in [0.4, 0.5) is 0 Å². The summed E-state index contributed by atoms with van der Waals surface area (Å²) in [6, 6.07) is 41.1. The molecule has 2 aliphatic heterocycles. The van der Waals surface area contributed by atoms with E-state index < -0.39 is 0 Å². The van der Waals surface area contributed by atoms with Gasteiger partial charge in [0.1, 0.15) is 0 Å².